The maximum absolute atomic E-state index is 11.9. The van der Waals surface area contributed by atoms with Crippen LogP contribution in [-0.2, 0) is 28.2 Å². The quantitative estimate of drug-likeness (QED) is 0.876. The van der Waals surface area contributed by atoms with E-state index in [2.05, 4.69) is 29.2 Å². The van der Waals surface area contributed by atoms with Gasteiger partial charge in [-0.1, -0.05) is 48.5 Å². The Labute approximate surface area is 160 Å². The number of fused-ring (bicyclic) bond motifs is 2. The number of carboxylic acid groups (broad SMARTS) is 1. The molecular weight excluding hydrogens is 338 g/mol. The van der Waals surface area contributed by atoms with E-state index >= 15 is 0 Å². The van der Waals surface area contributed by atoms with Crippen molar-refractivity contribution < 1.29 is 14.6 Å². The molecule has 4 heteroatoms. The molecule has 0 radical (unpaired) electrons. The van der Waals surface area contributed by atoms with Crippen LogP contribution in [0.15, 0.2) is 48.5 Å². The van der Waals surface area contributed by atoms with Gasteiger partial charge >= 0.3 is 5.97 Å². The molecule has 2 heterocycles. The van der Waals surface area contributed by atoms with Crippen molar-refractivity contribution in [3.63, 3.8) is 0 Å². The fourth-order valence-corrected chi connectivity index (χ4v) is 4.54. The molecule has 1 N–H and O–H groups in total. The van der Waals surface area contributed by atoms with Crippen LogP contribution in [0.4, 0.5) is 0 Å². The number of hydrogen-bond donors (Lipinski definition) is 1. The number of hydrogen-bond acceptors (Lipinski definition) is 3. The molecule has 2 aliphatic rings. The van der Waals surface area contributed by atoms with Gasteiger partial charge in [-0.2, -0.15) is 0 Å². The van der Waals surface area contributed by atoms with Crippen molar-refractivity contribution in [3.8, 4) is 0 Å². The second-order valence-electron chi connectivity index (χ2n) is 7.91. The lowest BCUT2D eigenvalue weighted by Crippen LogP contribution is -2.45. The van der Waals surface area contributed by atoms with E-state index in [-0.39, 0.29) is 11.5 Å². The first-order valence-corrected chi connectivity index (χ1v) is 9.79. The van der Waals surface area contributed by atoms with E-state index in [0.29, 0.717) is 19.6 Å². The Morgan fingerprint density at radius 2 is 1.85 bits per heavy atom. The van der Waals surface area contributed by atoms with Crippen molar-refractivity contribution in [3.05, 3.63) is 70.8 Å². The van der Waals surface area contributed by atoms with Crippen LogP contribution in [0.25, 0.3) is 0 Å². The summed E-state index contributed by atoms with van der Waals surface area (Å²) in [4.78, 5) is 14.1. The highest BCUT2D eigenvalue weighted by Gasteiger charge is 2.42. The molecule has 2 aromatic carbocycles. The van der Waals surface area contributed by atoms with Crippen molar-refractivity contribution >= 4 is 5.97 Å². The number of rotatable bonds is 5. The van der Waals surface area contributed by atoms with Crippen LogP contribution in [0.1, 0.15) is 35.1 Å². The molecule has 2 aliphatic heterocycles. The van der Waals surface area contributed by atoms with Gasteiger partial charge in [0.15, 0.2) is 0 Å². The van der Waals surface area contributed by atoms with Crippen LogP contribution in [-0.4, -0.2) is 35.6 Å². The van der Waals surface area contributed by atoms with E-state index in [0.717, 1.165) is 37.1 Å². The van der Waals surface area contributed by atoms with Crippen molar-refractivity contribution in [1.82, 2.24) is 4.90 Å². The molecule has 4 nitrogen and oxygen atoms in total. The maximum Gasteiger partial charge on any atom is 0.308 e. The first kappa shape index (κ1) is 18.2. The highest BCUT2D eigenvalue weighted by atomic mass is 16.5. The van der Waals surface area contributed by atoms with Gasteiger partial charge in [-0.25, -0.2) is 0 Å². The lowest BCUT2D eigenvalue weighted by atomic mass is 9.83. The van der Waals surface area contributed by atoms with E-state index in [1.807, 2.05) is 31.2 Å². The van der Waals surface area contributed by atoms with Crippen molar-refractivity contribution in [2.24, 2.45) is 5.92 Å². The molecular formula is C23H27NO3. The average molecular weight is 365 g/mol. The van der Waals surface area contributed by atoms with Crippen LogP contribution < -0.4 is 0 Å². The largest absolute Gasteiger partial charge is 0.481 e. The number of benzene rings is 2. The number of carboxylic acids is 1. The summed E-state index contributed by atoms with van der Waals surface area (Å²) in [6, 6.07) is 16.6. The van der Waals surface area contributed by atoms with Crippen molar-refractivity contribution in [1.29, 1.82) is 0 Å². The third-order valence-electron chi connectivity index (χ3n) is 6.23. The Bertz CT molecular complexity index is 824. The minimum Gasteiger partial charge on any atom is -0.481 e. The second-order valence-corrected chi connectivity index (χ2v) is 7.91. The molecule has 1 unspecified atom stereocenters. The van der Waals surface area contributed by atoms with Gasteiger partial charge in [0.2, 0.25) is 0 Å². The molecule has 1 fully saturated rings. The van der Waals surface area contributed by atoms with Gasteiger partial charge in [0.25, 0.3) is 0 Å². The zero-order valence-corrected chi connectivity index (χ0v) is 15.9. The molecule has 0 amide bonds. The minimum absolute atomic E-state index is 0.165. The number of likely N-dealkylation sites (tertiary alicyclic amines) is 1. The molecule has 0 bridgehead atoms. The van der Waals surface area contributed by atoms with E-state index in [1.165, 1.54) is 11.1 Å². The molecule has 27 heavy (non-hydrogen) atoms. The lowest BCUT2D eigenvalue weighted by molar-refractivity contribution is -0.143. The van der Waals surface area contributed by atoms with Gasteiger partial charge in [0.1, 0.15) is 0 Å². The Hall–Kier alpha value is -2.17. The number of piperidine rings is 1. The highest BCUT2D eigenvalue weighted by Crippen LogP contribution is 2.44. The predicted octanol–water partition coefficient (Wildman–Crippen LogP) is 3.76. The summed E-state index contributed by atoms with van der Waals surface area (Å²) in [6.45, 7) is 5.11. The molecule has 1 atom stereocenters. The van der Waals surface area contributed by atoms with Gasteiger partial charge in [-0.05, 0) is 48.4 Å². The summed E-state index contributed by atoms with van der Waals surface area (Å²) >= 11 is 0. The smallest absolute Gasteiger partial charge is 0.308 e. The Morgan fingerprint density at radius 1 is 1.15 bits per heavy atom. The lowest BCUT2D eigenvalue weighted by Gasteiger charge is -2.40. The zero-order chi connectivity index (χ0) is 18.9. The van der Waals surface area contributed by atoms with Crippen molar-refractivity contribution in [2.45, 2.75) is 38.4 Å². The second kappa shape index (κ2) is 7.45. The zero-order valence-electron chi connectivity index (χ0n) is 15.9. The summed E-state index contributed by atoms with van der Waals surface area (Å²) in [6.07, 6.45) is 2.45. The number of aliphatic carboxylic acids is 1. The van der Waals surface area contributed by atoms with Gasteiger partial charge in [-0.3, -0.25) is 4.79 Å². The van der Waals surface area contributed by atoms with E-state index in [9.17, 15) is 9.90 Å². The highest BCUT2D eigenvalue weighted by molar-refractivity contribution is 5.70. The van der Waals surface area contributed by atoms with Gasteiger partial charge < -0.3 is 14.7 Å². The standard InChI is InChI=1S/C23H27NO3/c1-17-6-2-3-7-18(17)14-20(22(25)26)15-24-12-10-23(11-13-24)21-9-5-4-8-19(21)16-27-23/h2-9,20H,10-16H2,1H3,(H,25,26). The van der Waals surface area contributed by atoms with Crippen LogP contribution in [0.2, 0.25) is 0 Å². The first-order valence-electron chi connectivity index (χ1n) is 9.79. The molecule has 1 saturated heterocycles. The maximum atomic E-state index is 11.9. The third kappa shape index (κ3) is 3.64. The van der Waals surface area contributed by atoms with Crippen LogP contribution >= 0.6 is 0 Å². The average Bonchev–Trinajstić information content (AvgIpc) is 3.03. The summed E-state index contributed by atoms with van der Waals surface area (Å²) in [7, 11) is 0. The number of aryl methyl sites for hydroxylation is 1. The summed E-state index contributed by atoms with van der Waals surface area (Å²) in [5.74, 6) is -1.09. The van der Waals surface area contributed by atoms with Gasteiger partial charge in [0.05, 0.1) is 18.1 Å². The molecule has 0 saturated carbocycles. The monoisotopic (exact) mass is 365 g/mol. The summed E-state index contributed by atoms with van der Waals surface area (Å²) in [5.41, 5.74) is 4.76. The molecule has 0 aromatic heterocycles. The van der Waals surface area contributed by atoms with E-state index < -0.39 is 5.97 Å². The normalized spacial score (nSPS) is 19.7. The van der Waals surface area contributed by atoms with E-state index in [4.69, 9.17) is 4.74 Å². The van der Waals surface area contributed by atoms with Gasteiger partial charge in [-0.15, -0.1) is 0 Å². The molecule has 142 valence electrons. The summed E-state index contributed by atoms with van der Waals surface area (Å²) in [5, 5.41) is 9.74. The summed E-state index contributed by atoms with van der Waals surface area (Å²) < 4.78 is 6.22. The third-order valence-corrected chi connectivity index (χ3v) is 6.23. The number of carbonyl (C=O) groups is 1. The Kier molecular flexibility index (Phi) is 5.02. The van der Waals surface area contributed by atoms with Crippen LogP contribution in [0.3, 0.4) is 0 Å². The van der Waals surface area contributed by atoms with Crippen LogP contribution in [0, 0.1) is 12.8 Å². The van der Waals surface area contributed by atoms with Crippen molar-refractivity contribution in [2.75, 3.05) is 19.6 Å². The first-order chi connectivity index (χ1) is 13.1. The predicted molar refractivity (Wildman–Crippen MR) is 105 cm³/mol. The SMILES string of the molecule is Cc1ccccc1CC(CN1CCC2(CC1)OCc1ccccc12)C(=O)O. The number of ether oxygens (including phenoxy) is 1. The fraction of sp³-hybridized carbons (Fsp3) is 0.435. The molecule has 2 aromatic rings. The van der Waals surface area contributed by atoms with Crippen LogP contribution in [0.5, 0.6) is 0 Å². The Morgan fingerprint density at radius 3 is 2.59 bits per heavy atom. The fourth-order valence-electron chi connectivity index (χ4n) is 4.54. The molecule has 1 spiro atoms. The molecule has 4 rings (SSSR count). The van der Waals surface area contributed by atoms with Gasteiger partial charge in [0, 0.05) is 19.6 Å². The van der Waals surface area contributed by atoms with E-state index in [1.54, 1.807) is 0 Å². The topological polar surface area (TPSA) is 49.8 Å². The minimum atomic E-state index is -0.707. The Balaban J connectivity index is 1.41. The number of nitrogens with zero attached hydrogens (tertiary/aromatic N) is 1. The molecule has 0 aliphatic carbocycles.